The predicted octanol–water partition coefficient (Wildman–Crippen LogP) is 4.04. The van der Waals surface area contributed by atoms with Crippen LogP contribution in [0.3, 0.4) is 0 Å². The van der Waals surface area contributed by atoms with Gasteiger partial charge in [-0.15, -0.1) is 0 Å². The van der Waals surface area contributed by atoms with Crippen molar-refractivity contribution in [3.05, 3.63) is 107 Å². The maximum Gasteiger partial charge on any atom is 0.333 e. The second-order valence-electron chi connectivity index (χ2n) is 8.09. The van der Waals surface area contributed by atoms with Crippen LogP contribution in [-0.2, 0) is 11.2 Å². The summed E-state index contributed by atoms with van der Waals surface area (Å²) in [7, 11) is 0. The van der Waals surface area contributed by atoms with Crippen molar-refractivity contribution in [1.29, 1.82) is 0 Å². The number of pyridine rings is 1. The van der Waals surface area contributed by atoms with E-state index in [9.17, 15) is 14.7 Å². The number of aryl methyl sites for hydroxylation is 1. The number of hydrogen-bond acceptors (Lipinski definition) is 5. The number of aromatic nitrogens is 5. The molecule has 0 unspecified atom stereocenters. The lowest BCUT2D eigenvalue weighted by Crippen LogP contribution is -2.12. The molecular weight excluding hydrogens is 444 g/mol. The zero-order valence-corrected chi connectivity index (χ0v) is 18.8. The normalized spacial score (nSPS) is 11.6. The average molecular weight is 467 g/mol. The summed E-state index contributed by atoms with van der Waals surface area (Å²) < 4.78 is 1.89. The first-order valence-corrected chi connectivity index (χ1v) is 10.9. The number of carboxylic acid groups (broad SMARTS) is 1. The Morgan fingerprint density at radius 2 is 2.03 bits per heavy atom. The standard InChI is InChI=1S/C26H22N6O3/c1-16-11-19(32-10-9-27-15-32)13-21-23(16)31-24(30-21)22-20(7-8-28-25(22)33)29-14-18(26(34)35)12-17-5-3-2-4-6-17/h2-11,13-15H,12H2,1H3,(H,30,31)(H,34,35)(H2,28,29,33). The number of fused-ring (bicyclic) bond motifs is 1. The third-order valence-corrected chi connectivity index (χ3v) is 5.68. The number of carbonyl (C=O) groups is 1. The predicted molar refractivity (Wildman–Crippen MR) is 133 cm³/mol. The van der Waals surface area contributed by atoms with Crippen molar-refractivity contribution in [3.63, 3.8) is 0 Å². The summed E-state index contributed by atoms with van der Waals surface area (Å²) >= 11 is 0. The molecular formula is C26H22N6O3. The van der Waals surface area contributed by atoms with Crippen LogP contribution in [0.4, 0.5) is 5.69 Å². The van der Waals surface area contributed by atoms with E-state index in [-0.39, 0.29) is 23.1 Å². The lowest BCUT2D eigenvalue weighted by Gasteiger charge is -2.08. The molecule has 0 spiro atoms. The van der Waals surface area contributed by atoms with E-state index in [1.807, 2.05) is 60.2 Å². The number of imidazole rings is 2. The molecule has 5 rings (SSSR count). The van der Waals surface area contributed by atoms with Crippen LogP contribution in [0.1, 0.15) is 11.1 Å². The van der Waals surface area contributed by atoms with Crippen molar-refractivity contribution in [2.45, 2.75) is 13.3 Å². The highest BCUT2D eigenvalue weighted by Crippen LogP contribution is 2.27. The van der Waals surface area contributed by atoms with E-state index in [1.54, 1.807) is 18.6 Å². The number of anilines is 1. The van der Waals surface area contributed by atoms with Gasteiger partial charge in [0.2, 0.25) is 0 Å². The first-order valence-electron chi connectivity index (χ1n) is 10.9. The van der Waals surface area contributed by atoms with Crippen molar-refractivity contribution in [1.82, 2.24) is 24.5 Å². The van der Waals surface area contributed by atoms with Crippen molar-refractivity contribution >= 4 is 22.7 Å². The number of carboxylic acids is 1. The van der Waals surface area contributed by atoms with Crippen LogP contribution in [0.25, 0.3) is 28.1 Å². The lowest BCUT2D eigenvalue weighted by atomic mass is 10.1. The molecule has 3 aromatic heterocycles. The molecule has 0 amide bonds. The fourth-order valence-electron chi connectivity index (χ4n) is 3.95. The summed E-state index contributed by atoms with van der Waals surface area (Å²) in [5.41, 5.74) is 4.76. The van der Waals surface area contributed by atoms with E-state index in [0.717, 1.165) is 27.8 Å². The molecule has 0 fully saturated rings. The van der Waals surface area contributed by atoms with Gasteiger partial charge in [-0.05, 0) is 36.2 Å². The van der Waals surface area contributed by atoms with E-state index in [0.29, 0.717) is 11.5 Å². The molecule has 5 aromatic rings. The van der Waals surface area contributed by atoms with Gasteiger partial charge in [0.15, 0.2) is 0 Å². The number of aromatic amines is 2. The Morgan fingerprint density at radius 1 is 1.20 bits per heavy atom. The van der Waals surface area contributed by atoms with Crippen LogP contribution in [0.2, 0.25) is 0 Å². The van der Waals surface area contributed by atoms with Crippen LogP contribution in [-0.4, -0.2) is 35.6 Å². The molecule has 9 nitrogen and oxygen atoms in total. The number of benzene rings is 2. The van der Waals surface area contributed by atoms with Gasteiger partial charge in [0, 0.05) is 36.9 Å². The highest BCUT2D eigenvalue weighted by Gasteiger charge is 2.16. The fraction of sp³-hybridized carbons (Fsp3) is 0.0769. The first-order chi connectivity index (χ1) is 17.0. The molecule has 0 atom stereocenters. The van der Waals surface area contributed by atoms with Gasteiger partial charge in [-0.25, -0.2) is 14.8 Å². The van der Waals surface area contributed by atoms with Gasteiger partial charge >= 0.3 is 5.97 Å². The van der Waals surface area contributed by atoms with E-state index >= 15 is 0 Å². The van der Waals surface area contributed by atoms with Gasteiger partial charge < -0.3 is 25.0 Å². The van der Waals surface area contributed by atoms with E-state index in [2.05, 4.69) is 25.3 Å². The molecule has 4 N–H and O–H groups in total. The Hall–Kier alpha value is -4.92. The van der Waals surface area contributed by atoms with Crippen molar-refractivity contribution in [2.75, 3.05) is 5.32 Å². The average Bonchev–Trinajstić information content (AvgIpc) is 3.53. The molecule has 0 aliphatic rings. The van der Waals surface area contributed by atoms with E-state index in [1.165, 1.54) is 12.4 Å². The highest BCUT2D eigenvalue weighted by atomic mass is 16.4. The molecule has 0 bridgehead atoms. The Kier molecular flexibility index (Phi) is 5.72. The third-order valence-electron chi connectivity index (χ3n) is 5.68. The molecule has 0 saturated carbocycles. The zero-order valence-electron chi connectivity index (χ0n) is 18.8. The minimum Gasteiger partial charge on any atom is -0.478 e. The second-order valence-corrected chi connectivity index (χ2v) is 8.09. The smallest absolute Gasteiger partial charge is 0.333 e. The Labute approximate surface area is 199 Å². The Bertz CT molecular complexity index is 1600. The monoisotopic (exact) mass is 466 g/mol. The van der Waals surface area contributed by atoms with Gasteiger partial charge in [-0.3, -0.25) is 4.79 Å². The summed E-state index contributed by atoms with van der Waals surface area (Å²) in [5.74, 6) is -0.664. The summed E-state index contributed by atoms with van der Waals surface area (Å²) in [5, 5.41) is 12.7. The topological polar surface area (TPSA) is 129 Å². The summed E-state index contributed by atoms with van der Waals surface area (Å²) in [6.07, 6.45) is 8.43. The maximum atomic E-state index is 12.8. The minimum atomic E-state index is -1.04. The van der Waals surface area contributed by atoms with Gasteiger partial charge in [0.05, 0.1) is 28.6 Å². The van der Waals surface area contributed by atoms with Gasteiger partial charge in [-0.2, -0.15) is 0 Å². The zero-order chi connectivity index (χ0) is 24.4. The number of nitrogens with zero attached hydrogens (tertiary/aromatic N) is 3. The third kappa shape index (κ3) is 4.47. The number of rotatable bonds is 7. The van der Waals surface area contributed by atoms with Gasteiger partial charge in [-0.1, -0.05) is 30.3 Å². The lowest BCUT2D eigenvalue weighted by molar-refractivity contribution is -0.132. The number of nitrogens with one attached hydrogen (secondary N) is 3. The second kappa shape index (κ2) is 9.14. The van der Waals surface area contributed by atoms with Gasteiger partial charge in [0.25, 0.3) is 5.56 Å². The van der Waals surface area contributed by atoms with Crippen molar-refractivity contribution in [3.8, 4) is 17.1 Å². The summed E-state index contributed by atoms with van der Waals surface area (Å²) in [6, 6.07) is 14.9. The molecule has 0 saturated heterocycles. The van der Waals surface area contributed by atoms with Crippen LogP contribution < -0.4 is 10.9 Å². The fourth-order valence-corrected chi connectivity index (χ4v) is 3.95. The van der Waals surface area contributed by atoms with Gasteiger partial charge in [0.1, 0.15) is 11.4 Å². The molecule has 9 heteroatoms. The molecule has 35 heavy (non-hydrogen) atoms. The minimum absolute atomic E-state index is 0.160. The molecule has 3 heterocycles. The maximum absolute atomic E-state index is 12.8. The Morgan fingerprint density at radius 3 is 2.77 bits per heavy atom. The molecule has 0 aliphatic heterocycles. The Balaban J connectivity index is 1.53. The van der Waals surface area contributed by atoms with Crippen LogP contribution >= 0.6 is 0 Å². The van der Waals surface area contributed by atoms with Crippen molar-refractivity contribution in [2.24, 2.45) is 0 Å². The quantitative estimate of drug-likeness (QED) is 0.268. The van der Waals surface area contributed by atoms with E-state index in [4.69, 9.17) is 0 Å². The van der Waals surface area contributed by atoms with Crippen LogP contribution in [0.5, 0.6) is 0 Å². The molecule has 2 aromatic carbocycles. The molecule has 174 valence electrons. The van der Waals surface area contributed by atoms with Crippen molar-refractivity contribution < 1.29 is 9.90 Å². The molecule has 0 radical (unpaired) electrons. The number of H-pyrrole nitrogens is 2. The largest absolute Gasteiger partial charge is 0.478 e. The van der Waals surface area contributed by atoms with E-state index < -0.39 is 5.97 Å². The number of hydrogen-bond donors (Lipinski definition) is 4. The molecule has 0 aliphatic carbocycles. The number of aliphatic carboxylic acids is 1. The summed E-state index contributed by atoms with van der Waals surface area (Å²) in [6.45, 7) is 1.95. The highest BCUT2D eigenvalue weighted by molar-refractivity contribution is 5.89. The van der Waals surface area contributed by atoms with Crippen LogP contribution in [0.15, 0.2) is 90.0 Å². The van der Waals surface area contributed by atoms with Crippen LogP contribution in [0, 0.1) is 6.92 Å². The SMILES string of the molecule is Cc1cc(-n2ccnc2)cc2[nH]c(-c3c(NC=C(Cc4ccccc4)C(=O)O)cc[nH]c3=O)nc12. The summed E-state index contributed by atoms with van der Waals surface area (Å²) in [4.78, 5) is 39.3. The first kappa shape index (κ1) is 21.9.